The highest BCUT2D eigenvalue weighted by Crippen LogP contribution is 2.51. The third kappa shape index (κ3) is 2.41. The maximum absolute atomic E-state index is 11.9. The molecule has 3 atom stereocenters. The summed E-state index contributed by atoms with van der Waals surface area (Å²) in [7, 11) is -2.99. The predicted octanol–water partition coefficient (Wildman–Crippen LogP) is 1.92. The molecule has 1 aromatic carbocycles. The molecule has 2 rings (SSSR count). The second-order valence-corrected chi connectivity index (χ2v) is 7.76. The predicted molar refractivity (Wildman–Crippen MR) is 72.7 cm³/mol. The molecule has 3 unspecified atom stereocenters. The van der Waals surface area contributed by atoms with Gasteiger partial charge in [0.15, 0.2) is 9.84 Å². The monoisotopic (exact) mass is 317 g/mol. The minimum absolute atomic E-state index is 0.0815. The highest BCUT2D eigenvalue weighted by Gasteiger charge is 2.56. The van der Waals surface area contributed by atoms with Gasteiger partial charge in [-0.3, -0.25) is 0 Å². The molecule has 17 heavy (non-hydrogen) atoms. The number of hydrogen-bond acceptors (Lipinski definition) is 3. The highest BCUT2D eigenvalue weighted by atomic mass is 79.9. The Balaban J connectivity index is 2.26. The summed E-state index contributed by atoms with van der Waals surface area (Å²) in [6.07, 6.45) is 0. The lowest BCUT2D eigenvalue weighted by molar-refractivity contribution is 0.593. The molecule has 0 amide bonds. The van der Waals surface area contributed by atoms with Crippen molar-refractivity contribution in [2.75, 3.05) is 12.3 Å². The lowest BCUT2D eigenvalue weighted by atomic mass is 10.1. The molecule has 1 aliphatic carbocycles. The van der Waals surface area contributed by atoms with Crippen LogP contribution < -0.4 is 5.73 Å². The Morgan fingerprint density at radius 3 is 2.35 bits per heavy atom. The van der Waals surface area contributed by atoms with Crippen molar-refractivity contribution in [2.45, 2.75) is 18.1 Å². The molecular formula is C12H16BrNO2S. The maximum Gasteiger partial charge on any atom is 0.153 e. The van der Waals surface area contributed by atoms with E-state index in [9.17, 15) is 8.42 Å². The van der Waals surface area contributed by atoms with Gasteiger partial charge in [0.05, 0.1) is 5.25 Å². The lowest BCUT2D eigenvalue weighted by Crippen LogP contribution is -2.15. The first-order valence-corrected chi connectivity index (χ1v) is 8.19. The van der Waals surface area contributed by atoms with Gasteiger partial charge in [-0.1, -0.05) is 35.0 Å². The van der Waals surface area contributed by atoms with Crippen molar-refractivity contribution in [1.82, 2.24) is 0 Å². The smallest absolute Gasteiger partial charge is 0.153 e. The summed E-state index contributed by atoms with van der Waals surface area (Å²) < 4.78 is 24.8. The van der Waals surface area contributed by atoms with Crippen LogP contribution in [0.15, 0.2) is 28.7 Å². The Morgan fingerprint density at radius 1 is 1.29 bits per heavy atom. The van der Waals surface area contributed by atoms with E-state index in [-0.39, 0.29) is 22.8 Å². The molecule has 0 aliphatic heterocycles. The van der Waals surface area contributed by atoms with Gasteiger partial charge in [0.25, 0.3) is 0 Å². The van der Waals surface area contributed by atoms with Crippen LogP contribution >= 0.6 is 15.9 Å². The fourth-order valence-corrected chi connectivity index (χ4v) is 4.60. The van der Waals surface area contributed by atoms with Crippen molar-refractivity contribution in [3.63, 3.8) is 0 Å². The van der Waals surface area contributed by atoms with Gasteiger partial charge in [0.2, 0.25) is 0 Å². The molecule has 0 bridgehead atoms. The lowest BCUT2D eigenvalue weighted by Gasteiger charge is -2.01. The zero-order valence-corrected chi connectivity index (χ0v) is 12.0. The van der Waals surface area contributed by atoms with Gasteiger partial charge in [-0.05, 0) is 30.2 Å². The van der Waals surface area contributed by atoms with E-state index < -0.39 is 9.84 Å². The fraction of sp³-hybridized carbons (Fsp3) is 0.500. The molecule has 1 fully saturated rings. The van der Waals surface area contributed by atoms with Crippen LogP contribution in [0.4, 0.5) is 0 Å². The van der Waals surface area contributed by atoms with Crippen LogP contribution in [0.3, 0.4) is 0 Å². The van der Waals surface area contributed by atoms with E-state index in [1.54, 1.807) is 6.92 Å². The average Bonchev–Trinajstić information content (AvgIpc) is 3.05. The van der Waals surface area contributed by atoms with E-state index >= 15 is 0 Å². The van der Waals surface area contributed by atoms with E-state index in [0.29, 0.717) is 6.54 Å². The van der Waals surface area contributed by atoms with Gasteiger partial charge < -0.3 is 5.73 Å². The summed E-state index contributed by atoms with van der Waals surface area (Å²) in [5, 5.41) is -0.279. The molecule has 3 nitrogen and oxygen atoms in total. The third-order valence-electron chi connectivity index (χ3n) is 3.44. The van der Waals surface area contributed by atoms with Crippen LogP contribution in [0.5, 0.6) is 0 Å². The SMILES string of the molecule is CCS(=O)(=O)C1C(CN)C1c1ccc(Br)cc1. The van der Waals surface area contributed by atoms with E-state index in [4.69, 9.17) is 5.73 Å². The quantitative estimate of drug-likeness (QED) is 0.923. The summed E-state index contributed by atoms with van der Waals surface area (Å²) >= 11 is 3.37. The summed E-state index contributed by atoms with van der Waals surface area (Å²) in [6.45, 7) is 2.13. The largest absolute Gasteiger partial charge is 0.330 e. The number of sulfone groups is 1. The van der Waals surface area contributed by atoms with E-state index in [1.165, 1.54) is 0 Å². The Hall–Kier alpha value is -0.390. The molecule has 0 heterocycles. The molecular weight excluding hydrogens is 302 g/mol. The highest BCUT2D eigenvalue weighted by molar-refractivity contribution is 9.10. The van der Waals surface area contributed by atoms with Gasteiger partial charge in [0, 0.05) is 16.1 Å². The molecule has 0 spiro atoms. The second-order valence-electron chi connectivity index (χ2n) is 4.39. The van der Waals surface area contributed by atoms with Crippen LogP contribution in [-0.4, -0.2) is 26.0 Å². The van der Waals surface area contributed by atoms with Crippen LogP contribution in [-0.2, 0) is 9.84 Å². The van der Waals surface area contributed by atoms with Gasteiger partial charge in [-0.2, -0.15) is 0 Å². The first-order valence-electron chi connectivity index (χ1n) is 5.68. The van der Waals surface area contributed by atoms with E-state index in [2.05, 4.69) is 15.9 Å². The number of halogens is 1. The Kier molecular flexibility index (Phi) is 3.61. The van der Waals surface area contributed by atoms with Crippen molar-refractivity contribution < 1.29 is 8.42 Å². The average molecular weight is 318 g/mol. The molecule has 1 saturated carbocycles. The molecule has 1 aromatic rings. The van der Waals surface area contributed by atoms with Crippen molar-refractivity contribution in [3.05, 3.63) is 34.3 Å². The first kappa shape index (κ1) is 13.1. The summed E-state index contributed by atoms with van der Waals surface area (Å²) in [5.41, 5.74) is 6.73. The fourth-order valence-electron chi connectivity index (χ4n) is 2.43. The van der Waals surface area contributed by atoms with Crippen LogP contribution in [0.25, 0.3) is 0 Å². The molecule has 1 aliphatic rings. The minimum Gasteiger partial charge on any atom is -0.330 e. The Morgan fingerprint density at radius 2 is 1.88 bits per heavy atom. The third-order valence-corrected chi connectivity index (χ3v) is 6.25. The van der Waals surface area contributed by atoms with Crippen LogP contribution in [0.1, 0.15) is 18.4 Å². The summed E-state index contributed by atoms with van der Waals surface area (Å²) in [6, 6.07) is 7.83. The standard InChI is InChI=1S/C12H16BrNO2S/c1-2-17(15,16)12-10(7-14)11(12)8-3-5-9(13)6-4-8/h3-6,10-12H,2,7,14H2,1H3. The molecule has 0 saturated heterocycles. The first-order chi connectivity index (χ1) is 8.01. The zero-order chi connectivity index (χ0) is 12.6. The maximum atomic E-state index is 11.9. The van der Waals surface area contributed by atoms with Crippen LogP contribution in [0, 0.1) is 5.92 Å². The van der Waals surface area contributed by atoms with Gasteiger partial charge in [0.1, 0.15) is 0 Å². The Labute approximate surface area is 110 Å². The number of nitrogens with two attached hydrogens (primary N) is 1. The topological polar surface area (TPSA) is 60.2 Å². The van der Waals surface area contributed by atoms with E-state index in [1.807, 2.05) is 24.3 Å². The van der Waals surface area contributed by atoms with Crippen molar-refractivity contribution >= 4 is 25.8 Å². The van der Waals surface area contributed by atoms with E-state index in [0.717, 1.165) is 10.0 Å². The normalized spacial score (nSPS) is 28.1. The molecule has 0 aromatic heterocycles. The number of benzene rings is 1. The van der Waals surface area contributed by atoms with Gasteiger partial charge >= 0.3 is 0 Å². The van der Waals surface area contributed by atoms with Gasteiger partial charge in [-0.15, -0.1) is 0 Å². The summed E-state index contributed by atoms with van der Waals surface area (Å²) in [5.74, 6) is 0.362. The van der Waals surface area contributed by atoms with Crippen molar-refractivity contribution in [1.29, 1.82) is 0 Å². The molecule has 2 N–H and O–H groups in total. The summed E-state index contributed by atoms with van der Waals surface area (Å²) in [4.78, 5) is 0. The number of rotatable bonds is 4. The molecule has 94 valence electrons. The zero-order valence-electron chi connectivity index (χ0n) is 9.64. The molecule has 0 radical (unpaired) electrons. The Bertz CT molecular complexity index is 498. The van der Waals surface area contributed by atoms with Gasteiger partial charge in [-0.25, -0.2) is 8.42 Å². The molecule has 5 heteroatoms. The minimum atomic E-state index is -2.99. The van der Waals surface area contributed by atoms with Crippen molar-refractivity contribution in [2.24, 2.45) is 11.7 Å². The second kappa shape index (κ2) is 4.71. The number of hydrogen-bond donors (Lipinski definition) is 1. The van der Waals surface area contributed by atoms with Crippen molar-refractivity contribution in [3.8, 4) is 0 Å². The van der Waals surface area contributed by atoms with Crippen LogP contribution in [0.2, 0.25) is 0 Å².